The number of rotatable bonds is 6. The van der Waals surface area contributed by atoms with Crippen LogP contribution in [0.15, 0.2) is 36.5 Å². The fourth-order valence-corrected chi connectivity index (χ4v) is 2.84. The summed E-state index contributed by atoms with van der Waals surface area (Å²) >= 11 is 0. The third kappa shape index (κ3) is 4.05. The van der Waals surface area contributed by atoms with Crippen LogP contribution in [0.2, 0.25) is 0 Å². The maximum atomic E-state index is 12.7. The Balaban J connectivity index is 1.86. The largest absolute Gasteiger partial charge is 0.434 e. The van der Waals surface area contributed by atoms with Crippen molar-refractivity contribution in [3.8, 4) is 5.75 Å². The molecule has 2 aromatic heterocycles. The van der Waals surface area contributed by atoms with E-state index in [9.17, 15) is 13.6 Å². The molecule has 142 valence electrons. The van der Waals surface area contributed by atoms with Crippen LogP contribution in [0.25, 0.3) is 11.0 Å². The van der Waals surface area contributed by atoms with Gasteiger partial charge in [-0.25, -0.2) is 9.67 Å². The summed E-state index contributed by atoms with van der Waals surface area (Å²) in [4.78, 5) is 17.2. The zero-order chi connectivity index (χ0) is 19.6. The molecule has 0 aliphatic carbocycles. The number of halogens is 2. The van der Waals surface area contributed by atoms with Crippen molar-refractivity contribution in [2.75, 3.05) is 0 Å². The van der Waals surface area contributed by atoms with Crippen molar-refractivity contribution in [1.29, 1.82) is 0 Å². The number of nitrogens with zero attached hydrogens (tertiary/aromatic N) is 3. The van der Waals surface area contributed by atoms with Crippen molar-refractivity contribution < 1.29 is 18.3 Å². The summed E-state index contributed by atoms with van der Waals surface area (Å²) in [6.07, 6.45) is 1.62. The number of aromatic nitrogens is 3. The fourth-order valence-electron chi connectivity index (χ4n) is 2.84. The first-order valence-electron chi connectivity index (χ1n) is 8.52. The molecule has 2 heterocycles. The highest BCUT2D eigenvalue weighted by molar-refractivity contribution is 6.05. The van der Waals surface area contributed by atoms with Gasteiger partial charge in [0.05, 0.1) is 17.1 Å². The van der Waals surface area contributed by atoms with Gasteiger partial charge in [0.25, 0.3) is 5.91 Å². The van der Waals surface area contributed by atoms with E-state index in [0.717, 1.165) is 0 Å². The van der Waals surface area contributed by atoms with Crippen LogP contribution >= 0.6 is 0 Å². The average molecular weight is 374 g/mol. The first-order valence-corrected chi connectivity index (χ1v) is 8.52. The molecule has 0 saturated heterocycles. The SMILES string of the molecule is Cc1cc(C(=O)NCc2ccccc2OC(F)F)c2cnn(C(C)C)c2n1. The molecule has 0 unspecified atom stereocenters. The van der Waals surface area contributed by atoms with Crippen LogP contribution in [0.4, 0.5) is 8.78 Å². The van der Waals surface area contributed by atoms with E-state index in [0.29, 0.717) is 27.9 Å². The molecule has 0 saturated carbocycles. The molecule has 8 heteroatoms. The second-order valence-electron chi connectivity index (χ2n) is 6.40. The molecule has 6 nitrogen and oxygen atoms in total. The van der Waals surface area contributed by atoms with Crippen molar-refractivity contribution in [1.82, 2.24) is 20.1 Å². The molecule has 1 amide bonds. The number of ether oxygens (including phenoxy) is 1. The van der Waals surface area contributed by atoms with Gasteiger partial charge in [-0.05, 0) is 32.9 Å². The van der Waals surface area contributed by atoms with E-state index < -0.39 is 6.61 Å². The predicted molar refractivity (Wildman–Crippen MR) is 96.9 cm³/mol. The van der Waals surface area contributed by atoms with E-state index >= 15 is 0 Å². The van der Waals surface area contributed by atoms with E-state index in [1.165, 1.54) is 6.07 Å². The number of para-hydroxylation sites is 1. The van der Waals surface area contributed by atoms with Crippen LogP contribution in [0.5, 0.6) is 5.75 Å². The number of fused-ring (bicyclic) bond motifs is 1. The number of carbonyl (C=O) groups excluding carboxylic acids is 1. The van der Waals surface area contributed by atoms with Crippen LogP contribution < -0.4 is 10.1 Å². The first kappa shape index (κ1) is 18.8. The lowest BCUT2D eigenvalue weighted by atomic mass is 10.1. The highest BCUT2D eigenvalue weighted by Gasteiger charge is 2.17. The highest BCUT2D eigenvalue weighted by atomic mass is 19.3. The van der Waals surface area contributed by atoms with Crippen molar-refractivity contribution in [3.63, 3.8) is 0 Å². The van der Waals surface area contributed by atoms with Crippen molar-refractivity contribution in [2.24, 2.45) is 0 Å². The van der Waals surface area contributed by atoms with E-state index in [4.69, 9.17) is 0 Å². The number of aryl methyl sites for hydroxylation is 1. The second-order valence-corrected chi connectivity index (χ2v) is 6.40. The molecule has 0 aliphatic heterocycles. The lowest BCUT2D eigenvalue weighted by molar-refractivity contribution is -0.0504. The van der Waals surface area contributed by atoms with Gasteiger partial charge in [-0.2, -0.15) is 13.9 Å². The number of carbonyl (C=O) groups is 1. The summed E-state index contributed by atoms with van der Waals surface area (Å²) in [6, 6.07) is 8.15. The summed E-state index contributed by atoms with van der Waals surface area (Å²) in [5.41, 5.74) is 2.23. The number of nitrogens with one attached hydrogen (secondary N) is 1. The lowest BCUT2D eigenvalue weighted by Gasteiger charge is -2.12. The number of benzene rings is 1. The maximum Gasteiger partial charge on any atom is 0.387 e. The Labute approximate surface area is 155 Å². The minimum Gasteiger partial charge on any atom is -0.434 e. The monoisotopic (exact) mass is 374 g/mol. The van der Waals surface area contributed by atoms with E-state index in [1.54, 1.807) is 42.1 Å². The molecule has 27 heavy (non-hydrogen) atoms. The second kappa shape index (κ2) is 7.69. The number of hydrogen-bond donors (Lipinski definition) is 1. The van der Waals surface area contributed by atoms with Gasteiger partial charge < -0.3 is 10.1 Å². The molecular weight excluding hydrogens is 354 g/mol. The molecule has 0 radical (unpaired) electrons. The number of alkyl halides is 2. The van der Waals surface area contributed by atoms with Gasteiger partial charge in [0.2, 0.25) is 0 Å². The van der Waals surface area contributed by atoms with Gasteiger partial charge in [-0.1, -0.05) is 18.2 Å². The van der Waals surface area contributed by atoms with Crippen molar-refractivity contribution in [2.45, 2.75) is 40.0 Å². The molecule has 3 aromatic rings. The third-order valence-corrected chi connectivity index (χ3v) is 4.06. The standard InChI is InChI=1S/C19H20F2N4O2/c1-11(2)25-17-15(10-23-25)14(8-12(3)24-17)18(26)22-9-13-6-4-5-7-16(13)27-19(20)21/h4-8,10-11,19H,9H2,1-3H3,(H,22,26). The van der Waals surface area contributed by atoms with E-state index in [1.807, 2.05) is 13.8 Å². The quantitative estimate of drug-likeness (QED) is 0.712. The van der Waals surface area contributed by atoms with Crippen molar-refractivity contribution in [3.05, 3.63) is 53.3 Å². The molecule has 0 spiro atoms. The minimum atomic E-state index is -2.92. The summed E-state index contributed by atoms with van der Waals surface area (Å²) in [5.74, 6) is -0.294. The Morgan fingerprint density at radius 3 is 2.74 bits per heavy atom. The number of hydrogen-bond acceptors (Lipinski definition) is 4. The number of pyridine rings is 1. The molecule has 0 aliphatic rings. The molecule has 0 fully saturated rings. The predicted octanol–water partition coefficient (Wildman–Crippen LogP) is 3.85. The molecule has 0 atom stereocenters. The van der Waals surface area contributed by atoms with Crippen molar-refractivity contribution >= 4 is 16.9 Å². The minimum absolute atomic E-state index is 0.0384. The van der Waals surface area contributed by atoms with E-state index in [-0.39, 0.29) is 24.2 Å². The van der Waals surface area contributed by atoms with E-state index in [2.05, 4.69) is 20.1 Å². The number of amides is 1. The zero-order valence-electron chi connectivity index (χ0n) is 15.2. The molecular formula is C19H20F2N4O2. The molecule has 0 bridgehead atoms. The van der Waals surface area contributed by atoms with Crippen LogP contribution in [-0.4, -0.2) is 27.3 Å². The Morgan fingerprint density at radius 2 is 2.04 bits per heavy atom. The van der Waals surface area contributed by atoms with Crippen LogP contribution in [-0.2, 0) is 6.54 Å². The van der Waals surface area contributed by atoms with Gasteiger partial charge in [0, 0.05) is 23.8 Å². The molecule has 1 N–H and O–H groups in total. The van der Waals surface area contributed by atoms with Gasteiger partial charge in [0.1, 0.15) is 5.75 Å². The summed E-state index contributed by atoms with van der Waals surface area (Å²) in [6.45, 7) is 2.90. The Bertz CT molecular complexity index is 969. The molecule has 3 rings (SSSR count). The van der Waals surface area contributed by atoms with Gasteiger partial charge in [-0.15, -0.1) is 0 Å². The van der Waals surface area contributed by atoms with Gasteiger partial charge in [-0.3, -0.25) is 4.79 Å². The van der Waals surface area contributed by atoms with Gasteiger partial charge >= 0.3 is 6.61 Å². The Morgan fingerprint density at radius 1 is 1.30 bits per heavy atom. The smallest absolute Gasteiger partial charge is 0.387 e. The zero-order valence-corrected chi connectivity index (χ0v) is 15.2. The third-order valence-electron chi connectivity index (χ3n) is 4.06. The van der Waals surface area contributed by atoms with Crippen LogP contribution in [0.3, 0.4) is 0 Å². The fraction of sp³-hybridized carbons (Fsp3) is 0.316. The van der Waals surface area contributed by atoms with Crippen LogP contribution in [0, 0.1) is 6.92 Å². The average Bonchev–Trinajstić information content (AvgIpc) is 3.03. The van der Waals surface area contributed by atoms with Gasteiger partial charge in [0.15, 0.2) is 5.65 Å². The van der Waals surface area contributed by atoms with Crippen LogP contribution in [0.1, 0.15) is 41.5 Å². The Kier molecular flexibility index (Phi) is 5.34. The normalized spacial score (nSPS) is 11.4. The maximum absolute atomic E-state index is 12.7. The molecule has 1 aromatic carbocycles. The summed E-state index contributed by atoms with van der Waals surface area (Å²) < 4.78 is 31.3. The Hall–Kier alpha value is -3.03. The summed E-state index contributed by atoms with van der Waals surface area (Å²) in [7, 11) is 0. The summed E-state index contributed by atoms with van der Waals surface area (Å²) in [5, 5.41) is 7.72. The first-order chi connectivity index (χ1) is 12.9. The topological polar surface area (TPSA) is 69.0 Å². The highest BCUT2D eigenvalue weighted by Crippen LogP contribution is 2.22. The lowest BCUT2D eigenvalue weighted by Crippen LogP contribution is -2.24.